The van der Waals surface area contributed by atoms with Gasteiger partial charge in [-0.2, -0.15) is 9.78 Å². The van der Waals surface area contributed by atoms with Crippen molar-refractivity contribution in [2.24, 2.45) is 0 Å². The summed E-state index contributed by atoms with van der Waals surface area (Å²) in [6.45, 7) is 3.69. The highest BCUT2D eigenvalue weighted by Gasteiger charge is 2.11. The third kappa shape index (κ3) is 3.00. The fourth-order valence-corrected chi connectivity index (χ4v) is 2.03. The van der Waals surface area contributed by atoms with Gasteiger partial charge in [0.05, 0.1) is 5.69 Å². The van der Waals surface area contributed by atoms with Crippen LogP contribution in [0.25, 0.3) is 11.8 Å². The van der Waals surface area contributed by atoms with E-state index in [9.17, 15) is 14.7 Å². The lowest BCUT2D eigenvalue weighted by molar-refractivity contribution is -0.131. The third-order valence-corrected chi connectivity index (χ3v) is 2.97. The first-order chi connectivity index (χ1) is 9.90. The van der Waals surface area contributed by atoms with E-state index in [0.717, 1.165) is 34.0 Å². The Hall–Kier alpha value is -2.89. The normalized spacial score (nSPS) is 11.0. The Morgan fingerprint density at radius 3 is 2.48 bits per heavy atom. The molecule has 0 unspecified atom stereocenters. The summed E-state index contributed by atoms with van der Waals surface area (Å²) in [6, 6.07) is 6.57. The molecule has 0 saturated carbocycles. The number of aliphatic carboxylic acids is 1. The summed E-state index contributed by atoms with van der Waals surface area (Å²) < 4.78 is 1.16. The van der Waals surface area contributed by atoms with Gasteiger partial charge < -0.3 is 10.2 Å². The summed E-state index contributed by atoms with van der Waals surface area (Å²) in [5, 5.41) is 22.4. The summed E-state index contributed by atoms with van der Waals surface area (Å²) in [7, 11) is 0. The second kappa shape index (κ2) is 5.62. The van der Waals surface area contributed by atoms with Crippen LogP contribution in [0.2, 0.25) is 0 Å². The zero-order valence-corrected chi connectivity index (χ0v) is 11.6. The van der Waals surface area contributed by atoms with Gasteiger partial charge in [-0.1, -0.05) is 18.2 Å². The van der Waals surface area contributed by atoms with Crippen molar-refractivity contribution in [3.05, 3.63) is 57.5 Å². The molecule has 0 fully saturated rings. The maximum absolute atomic E-state index is 12.0. The van der Waals surface area contributed by atoms with E-state index >= 15 is 0 Å². The number of carbonyl (C=O) groups is 1. The molecule has 0 saturated heterocycles. The monoisotopic (exact) mass is 286 g/mol. The van der Waals surface area contributed by atoms with E-state index in [1.54, 1.807) is 0 Å². The van der Waals surface area contributed by atoms with Gasteiger partial charge in [0.25, 0.3) is 5.56 Å². The van der Waals surface area contributed by atoms with E-state index in [0.29, 0.717) is 5.69 Å². The molecule has 0 aliphatic heterocycles. The third-order valence-electron chi connectivity index (χ3n) is 2.97. The number of benzene rings is 1. The number of rotatable bonds is 3. The predicted molar refractivity (Wildman–Crippen MR) is 77.6 cm³/mol. The minimum absolute atomic E-state index is 0.0136. The summed E-state index contributed by atoms with van der Waals surface area (Å²) in [5.41, 5.74) is 1.84. The van der Waals surface area contributed by atoms with Crippen LogP contribution < -0.4 is 5.56 Å². The van der Waals surface area contributed by atoms with Crippen LogP contribution in [0.3, 0.4) is 0 Å². The number of para-hydroxylation sites is 1. The average Bonchev–Trinajstić information content (AvgIpc) is 2.39. The van der Waals surface area contributed by atoms with Gasteiger partial charge in [0.2, 0.25) is 0 Å². The zero-order valence-electron chi connectivity index (χ0n) is 11.6. The topological polar surface area (TPSA) is 92.4 Å². The molecule has 1 heterocycles. The van der Waals surface area contributed by atoms with Crippen molar-refractivity contribution in [2.45, 2.75) is 13.8 Å². The Bertz CT molecular complexity index is 770. The van der Waals surface area contributed by atoms with Crippen molar-refractivity contribution in [2.75, 3.05) is 0 Å². The molecule has 6 nitrogen and oxygen atoms in total. The number of nitrogens with zero attached hydrogens (tertiary/aromatic N) is 2. The van der Waals surface area contributed by atoms with E-state index in [4.69, 9.17) is 5.11 Å². The SMILES string of the molecule is Cc1cccc(C)c1-n1nc(/C=C/C(=O)O)c(O)cc1=O. The lowest BCUT2D eigenvalue weighted by Gasteiger charge is -2.12. The number of aromatic hydroxyl groups is 1. The van der Waals surface area contributed by atoms with Gasteiger partial charge in [0, 0.05) is 12.1 Å². The first kappa shape index (κ1) is 14.5. The highest BCUT2D eigenvalue weighted by Crippen LogP contribution is 2.19. The highest BCUT2D eigenvalue weighted by atomic mass is 16.4. The first-order valence-corrected chi connectivity index (χ1v) is 6.21. The van der Waals surface area contributed by atoms with E-state index in [1.165, 1.54) is 0 Å². The van der Waals surface area contributed by atoms with Gasteiger partial charge in [-0.05, 0) is 31.1 Å². The van der Waals surface area contributed by atoms with E-state index in [1.807, 2.05) is 32.0 Å². The number of carboxylic acids is 1. The Labute approximate surface area is 120 Å². The maximum Gasteiger partial charge on any atom is 0.328 e. The van der Waals surface area contributed by atoms with Crippen LogP contribution in [0.15, 0.2) is 35.1 Å². The van der Waals surface area contributed by atoms with Gasteiger partial charge in [0.1, 0.15) is 11.4 Å². The van der Waals surface area contributed by atoms with Gasteiger partial charge in [-0.15, -0.1) is 0 Å². The highest BCUT2D eigenvalue weighted by molar-refractivity contribution is 5.85. The number of aryl methyl sites for hydroxylation is 2. The second-order valence-electron chi connectivity index (χ2n) is 4.58. The lowest BCUT2D eigenvalue weighted by Crippen LogP contribution is -2.22. The quantitative estimate of drug-likeness (QED) is 0.837. The summed E-state index contributed by atoms with van der Waals surface area (Å²) >= 11 is 0. The van der Waals surface area contributed by atoms with Crippen molar-refractivity contribution in [3.8, 4) is 11.4 Å². The van der Waals surface area contributed by atoms with Crippen LogP contribution in [-0.2, 0) is 4.79 Å². The van der Waals surface area contributed by atoms with E-state index in [2.05, 4.69) is 5.10 Å². The van der Waals surface area contributed by atoms with E-state index in [-0.39, 0.29) is 11.4 Å². The molecule has 1 aromatic heterocycles. The molecule has 6 heteroatoms. The molecule has 2 rings (SSSR count). The van der Waals surface area contributed by atoms with Crippen LogP contribution in [0.1, 0.15) is 16.8 Å². The van der Waals surface area contributed by atoms with Crippen LogP contribution in [0, 0.1) is 13.8 Å². The Morgan fingerprint density at radius 1 is 1.29 bits per heavy atom. The summed E-state index contributed by atoms with van der Waals surface area (Å²) in [6.07, 6.45) is 1.99. The van der Waals surface area contributed by atoms with Crippen molar-refractivity contribution < 1.29 is 15.0 Å². The molecule has 0 spiro atoms. The van der Waals surface area contributed by atoms with Crippen molar-refractivity contribution in [1.82, 2.24) is 9.78 Å². The molecule has 1 aromatic carbocycles. The molecule has 2 N–H and O–H groups in total. The van der Waals surface area contributed by atoms with Gasteiger partial charge >= 0.3 is 5.97 Å². The van der Waals surface area contributed by atoms with Gasteiger partial charge in [0.15, 0.2) is 0 Å². The van der Waals surface area contributed by atoms with Crippen LogP contribution in [0.5, 0.6) is 5.75 Å². The van der Waals surface area contributed by atoms with Crippen LogP contribution in [0.4, 0.5) is 0 Å². The molecule has 0 atom stereocenters. The number of hydrogen-bond donors (Lipinski definition) is 2. The standard InChI is InChI=1S/C15H14N2O4/c1-9-4-3-5-10(2)15(9)17-13(19)8-12(18)11(16-17)6-7-14(20)21/h3-8,18H,1-2H3,(H,20,21)/b7-6+. The summed E-state index contributed by atoms with van der Waals surface area (Å²) in [5.74, 6) is -1.53. The van der Waals surface area contributed by atoms with Gasteiger partial charge in [-0.3, -0.25) is 4.79 Å². The molecule has 0 bridgehead atoms. The lowest BCUT2D eigenvalue weighted by atomic mass is 10.1. The number of aromatic nitrogens is 2. The molecule has 0 aliphatic carbocycles. The molecule has 0 radical (unpaired) electrons. The average molecular weight is 286 g/mol. The minimum atomic E-state index is -1.17. The molecule has 108 valence electrons. The fourth-order valence-electron chi connectivity index (χ4n) is 2.03. The van der Waals surface area contributed by atoms with Crippen molar-refractivity contribution in [1.29, 1.82) is 0 Å². The van der Waals surface area contributed by atoms with E-state index < -0.39 is 11.5 Å². The predicted octanol–water partition coefficient (Wildman–Crippen LogP) is 1.65. The van der Waals surface area contributed by atoms with Crippen LogP contribution in [-0.4, -0.2) is 26.0 Å². The van der Waals surface area contributed by atoms with Crippen molar-refractivity contribution in [3.63, 3.8) is 0 Å². The Kier molecular flexibility index (Phi) is 3.89. The Balaban J connectivity index is 2.68. The smallest absolute Gasteiger partial charge is 0.328 e. The van der Waals surface area contributed by atoms with Crippen LogP contribution >= 0.6 is 0 Å². The fraction of sp³-hybridized carbons (Fsp3) is 0.133. The molecule has 0 aliphatic rings. The minimum Gasteiger partial charge on any atom is -0.505 e. The maximum atomic E-state index is 12.0. The molecule has 21 heavy (non-hydrogen) atoms. The second-order valence-corrected chi connectivity index (χ2v) is 4.58. The molecule has 2 aromatic rings. The number of hydrogen-bond acceptors (Lipinski definition) is 4. The Morgan fingerprint density at radius 2 is 1.90 bits per heavy atom. The van der Waals surface area contributed by atoms with Gasteiger partial charge in [-0.25, -0.2) is 4.79 Å². The number of carboxylic acid groups (broad SMARTS) is 1. The molecular weight excluding hydrogens is 272 g/mol. The molecular formula is C15H14N2O4. The zero-order chi connectivity index (χ0) is 15.6. The largest absolute Gasteiger partial charge is 0.505 e. The molecule has 0 amide bonds. The first-order valence-electron chi connectivity index (χ1n) is 6.21. The van der Waals surface area contributed by atoms with Crippen molar-refractivity contribution >= 4 is 12.0 Å². The summed E-state index contributed by atoms with van der Waals surface area (Å²) in [4.78, 5) is 22.6.